The highest BCUT2D eigenvalue weighted by molar-refractivity contribution is 5.40. The summed E-state index contributed by atoms with van der Waals surface area (Å²) in [7, 11) is 0. The Morgan fingerprint density at radius 2 is 2.00 bits per heavy atom. The molecule has 0 spiro atoms. The second-order valence-electron chi connectivity index (χ2n) is 2.87. The van der Waals surface area contributed by atoms with Crippen molar-refractivity contribution in [2.75, 3.05) is 12.3 Å². The topological polar surface area (TPSA) is 61.0 Å². The van der Waals surface area contributed by atoms with E-state index in [0.717, 1.165) is 11.3 Å². The normalized spacial score (nSPS) is 10.4. The number of nitrogen functional groups attached to an aromatic ring is 1. The largest absolute Gasteiger partial charge is 0.383 e. The van der Waals surface area contributed by atoms with Crippen molar-refractivity contribution in [2.45, 2.75) is 27.4 Å². The average molecular weight is 181 g/mol. The Kier molecular flexibility index (Phi) is 3.19. The molecule has 0 aliphatic heterocycles. The van der Waals surface area contributed by atoms with Crippen LogP contribution in [-0.4, -0.2) is 16.6 Å². The van der Waals surface area contributed by atoms with Crippen LogP contribution in [0.25, 0.3) is 0 Å². The van der Waals surface area contributed by atoms with Crippen LogP contribution in [0.1, 0.15) is 24.0 Å². The van der Waals surface area contributed by atoms with Crippen molar-refractivity contribution in [3.05, 3.63) is 17.1 Å². The molecular formula is C9H15N3O. The number of nitrogens with zero attached hydrogens (tertiary/aromatic N) is 2. The highest BCUT2D eigenvalue weighted by Gasteiger charge is 2.04. The van der Waals surface area contributed by atoms with Gasteiger partial charge in [-0.3, -0.25) is 0 Å². The maximum atomic E-state index is 5.69. The standard InChI is InChI=1S/C9H15N3O/c1-4-13-5-8-11-7(3)6(2)9(10)12-8/h4-5H2,1-3H3,(H2,10,11,12). The van der Waals surface area contributed by atoms with Crippen molar-refractivity contribution in [1.29, 1.82) is 0 Å². The zero-order valence-corrected chi connectivity index (χ0v) is 8.29. The molecule has 0 amide bonds. The summed E-state index contributed by atoms with van der Waals surface area (Å²) in [6.45, 7) is 6.86. The molecular weight excluding hydrogens is 166 g/mol. The zero-order valence-electron chi connectivity index (χ0n) is 8.29. The van der Waals surface area contributed by atoms with Crippen molar-refractivity contribution in [1.82, 2.24) is 9.97 Å². The Balaban J connectivity index is 2.86. The molecule has 0 aliphatic carbocycles. The second-order valence-corrected chi connectivity index (χ2v) is 2.87. The molecule has 1 rings (SSSR count). The number of anilines is 1. The first-order valence-electron chi connectivity index (χ1n) is 4.32. The summed E-state index contributed by atoms with van der Waals surface area (Å²) in [5, 5.41) is 0. The Morgan fingerprint density at radius 3 is 2.54 bits per heavy atom. The molecule has 0 saturated carbocycles. The van der Waals surface area contributed by atoms with Crippen molar-refractivity contribution in [3.63, 3.8) is 0 Å². The molecule has 13 heavy (non-hydrogen) atoms. The fourth-order valence-electron chi connectivity index (χ4n) is 0.969. The molecule has 0 radical (unpaired) electrons. The minimum absolute atomic E-state index is 0.432. The highest BCUT2D eigenvalue weighted by Crippen LogP contribution is 2.10. The van der Waals surface area contributed by atoms with E-state index >= 15 is 0 Å². The number of hydrogen-bond acceptors (Lipinski definition) is 4. The number of ether oxygens (including phenoxy) is 1. The van der Waals surface area contributed by atoms with E-state index in [4.69, 9.17) is 10.5 Å². The lowest BCUT2D eigenvalue weighted by atomic mass is 10.2. The van der Waals surface area contributed by atoms with Gasteiger partial charge in [0, 0.05) is 17.9 Å². The van der Waals surface area contributed by atoms with Gasteiger partial charge < -0.3 is 10.5 Å². The van der Waals surface area contributed by atoms with Crippen molar-refractivity contribution in [2.24, 2.45) is 0 Å². The summed E-state index contributed by atoms with van der Waals surface area (Å²) in [6, 6.07) is 0. The molecule has 0 saturated heterocycles. The molecule has 4 nitrogen and oxygen atoms in total. The number of nitrogens with two attached hydrogens (primary N) is 1. The van der Waals surface area contributed by atoms with Crippen LogP contribution in [0.2, 0.25) is 0 Å². The van der Waals surface area contributed by atoms with Gasteiger partial charge in [0.05, 0.1) is 0 Å². The molecule has 2 N–H and O–H groups in total. The van der Waals surface area contributed by atoms with E-state index in [9.17, 15) is 0 Å². The maximum Gasteiger partial charge on any atom is 0.156 e. The lowest BCUT2D eigenvalue weighted by Crippen LogP contribution is -2.06. The Labute approximate surface area is 78.1 Å². The lowest BCUT2D eigenvalue weighted by Gasteiger charge is -2.06. The van der Waals surface area contributed by atoms with Gasteiger partial charge in [-0.1, -0.05) is 0 Å². The third-order valence-electron chi connectivity index (χ3n) is 1.91. The van der Waals surface area contributed by atoms with Gasteiger partial charge in [0.15, 0.2) is 5.82 Å². The van der Waals surface area contributed by atoms with E-state index in [1.54, 1.807) is 0 Å². The minimum Gasteiger partial charge on any atom is -0.383 e. The first-order chi connectivity index (χ1) is 6.15. The summed E-state index contributed by atoms with van der Waals surface area (Å²) in [6.07, 6.45) is 0. The highest BCUT2D eigenvalue weighted by atomic mass is 16.5. The lowest BCUT2D eigenvalue weighted by molar-refractivity contribution is 0.128. The molecule has 4 heteroatoms. The summed E-state index contributed by atoms with van der Waals surface area (Å²) < 4.78 is 5.19. The summed E-state index contributed by atoms with van der Waals surface area (Å²) >= 11 is 0. The Morgan fingerprint density at radius 1 is 1.31 bits per heavy atom. The van der Waals surface area contributed by atoms with Crippen LogP contribution < -0.4 is 5.73 Å². The van der Waals surface area contributed by atoms with Gasteiger partial charge in [-0.2, -0.15) is 0 Å². The predicted molar refractivity (Wildman–Crippen MR) is 51.2 cm³/mol. The molecule has 0 aromatic carbocycles. The number of aryl methyl sites for hydroxylation is 1. The van der Waals surface area contributed by atoms with Gasteiger partial charge in [-0.15, -0.1) is 0 Å². The van der Waals surface area contributed by atoms with E-state index in [-0.39, 0.29) is 0 Å². The van der Waals surface area contributed by atoms with E-state index in [2.05, 4.69) is 9.97 Å². The fourth-order valence-corrected chi connectivity index (χ4v) is 0.969. The van der Waals surface area contributed by atoms with E-state index in [0.29, 0.717) is 24.9 Å². The summed E-state index contributed by atoms with van der Waals surface area (Å²) in [4.78, 5) is 8.37. The molecule has 1 aromatic rings. The third kappa shape index (κ3) is 2.39. The van der Waals surface area contributed by atoms with Gasteiger partial charge in [-0.05, 0) is 20.8 Å². The summed E-state index contributed by atoms with van der Waals surface area (Å²) in [5.74, 6) is 1.20. The molecule has 1 heterocycles. The van der Waals surface area contributed by atoms with Crippen LogP contribution in [0.3, 0.4) is 0 Å². The van der Waals surface area contributed by atoms with E-state index in [1.807, 2.05) is 20.8 Å². The monoisotopic (exact) mass is 181 g/mol. The maximum absolute atomic E-state index is 5.69. The molecule has 1 aromatic heterocycles. The predicted octanol–water partition coefficient (Wildman–Crippen LogP) is 1.21. The van der Waals surface area contributed by atoms with Gasteiger partial charge in [0.25, 0.3) is 0 Å². The zero-order chi connectivity index (χ0) is 9.84. The SMILES string of the molecule is CCOCc1nc(C)c(C)c(N)n1. The van der Waals surface area contributed by atoms with E-state index in [1.165, 1.54) is 0 Å². The molecule has 72 valence electrons. The fraction of sp³-hybridized carbons (Fsp3) is 0.556. The van der Waals surface area contributed by atoms with Crippen LogP contribution in [0, 0.1) is 13.8 Å². The van der Waals surface area contributed by atoms with Crippen molar-refractivity contribution in [3.8, 4) is 0 Å². The Bertz CT molecular complexity index is 276. The molecule has 0 fully saturated rings. The van der Waals surface area contributed by atoms with Crippen molar-refractivity contribution >= 4 is 5.82 Å². The van der Waals surface area contributed by atoms with Crippen LogP contribution in [-0.2, 0) is 11.3 Å². The third-order valence-corrected chi connectivity index (χ3v) is 1.91. The van der Waals surface area contributed by atoms with Gasteiger partial charge in [0.1, 0.15) is 12.4 Å². The molecule has 0 aliphatic rings. The smallest absolute Gasteiger partial charge is 0.156 e. The minimum atomic E-state index is 0.432. The Hall–Kier alpha value is -1.16. The number of aromatic nitrogens is 2. The number of rotatable bonds is 3. The first-order valence-corrected chi connectivity index (χ1v) is 4.32. The molecule has 0 bridgehead atoms. The second kappa shape index (κ2) is 4.18. The first kappa shape index (κ1) is 9.92. The van der Waals surface area contributed by atoms with Crippen LogP contribution >= 0.6 is 0 Å². The van der Waals surface area contributed by atoms with Gasteiger partial charge in [0.2, 0.25) is 0 Å². The average Bonchev–Trinajstić information content (AvgIpc) is 2.10. The van der Waals surface area contributed by atoms with Gasteiger partial charge >= 0.3 is 0 Å². The van der Waals surface area contributed by atoms with Crippen LogP contribution in [0.15, 0.2) is 0 Å². The number of hydrogen-bond donors (Lipinski definition) is 1. The van der Waals surface area contributed by atoms with Crippen LogP contribution in [0.5, 0.6) is 0 Å². The summed E-state index contributed by atoms with van der Waals surface area (Å²) in [5.41, 5.74) is 7.55. The molecule has 0 unspecified atom stereocenters. The quantitative estimate of drug-likeness (QED) is 0.761. The van der Waals surface area contributed by atoms with Crippen LogP contribution in [0.4, 0.5) is 5.82 Å². The van der Waals surface area contributed by atoms with Gasteiger partial charge in [-0.25, -0.2) is 9.97 Å². The van der Waals surface area contributed by atoms with Crippen molar-refractivity contribution < 1.29 is 4.74 Å². The van der Waals surface area contributed by atoms with E-state index < -0.39 is 0 Å². The molecule has 0 atom stereocenters.